The summed E-state index contributed by atoms with van der Waals surface area (Å²) in [6.45, 7) is 7.36. The molecule has 2 aliphatic rings. The minimum absolute atomic E-state index is 0.0368. The van der Waals surface area contributed by atoms with Crippen LogP contribution < -0.4 is 5.32 Å². The monoisotopic (exact) mass is 357 g/mol. The third kappa shape index (κ3) is 4.02. The molecule has 2 heterocycles. The van der Waals surface area contributed by atoms with Gasteiger partial charge in [0.25, 0.3) is 0 Å². The van der Waals surface area contributed by atoms with Crippen LogP contribution in [0.5, 0.6) is 0 Å². The molecule has 1 atom stereocenters. The molecule has 0 radical (unpaired) electrons. The number of carbonyl (C=O) groups excluding carboxylic acids is 2. The van der Waals surface area contributed by atoms with E-state index in [4.69, 9.17) is 0 Å². The quantitative estimate of drug-likeness (QED) is 0.895. The van der Waals surface area contributed by atoms with Crippen molar-refractivity contribution in [2.24, 2.45) is 5.41 Å². The average molecular weight is 357 g/mol. The maximum atomic E-state index is 12.7. The van der Waals surface area contributed by atoms with Gasteiger partial charge in [0.2, 0.25) is 5.91 Å². The fourth-order valence-corrected chi connectivity index (χ4v) is 4.33. The average Bonchev–Trinajstić information content (AvgIpc) is 2.69. The van der Waals surface area contributed by atoms with Crippen LogP contribution >= 0.6 is 0 Å². The molecule has 2 fully saturated rings. The predicted octanol–water partition coefficient (Wildman–Crippen LogP) is 3.57. The second-order valence-electron chi connectivity index (χ2n) is 7.72. The Morgan fingerprint density at radius 1 is 1.15 bits per heavy atom. The fourth-order valence-electron chi connectivity index (χ4n) is 4.33. The highest BCUT2D eigenvalue weighted by atomic mass is 16.2. The molecule has 5 nitrogen and oxygen atoms in total. The van der Waals surface area contributed by atoms with E-state index in [1.807, 2.05) is 34.9 Å². The summed E-state index contributed by atoms with van der Waals surface area (Å²) in [7, 11) is 0. The van der Waals surface area contributed by atoms with Crippen LogP contribution in [0.1, 0.15) is 57.6 Å². The molecule has 3 rings (SSSR count). The van der Waals surface area contributed by atoms with E-state index in [9.17, 15) is 9.59 Å². The van der Waals surface area contributed by atoms with Crippen LogP contribution in [0.3, 0.4) is 0 Å². The molecule has 142 valence electrons. The number of carbonyl (C=O) groups is 2. The van der Waals surface area contributed by atoms with Crippen LogP contribution in [-0.2, 0) is 4.79 Å². The first kappa shape index (κ1) is 18.7. The molecule has 1 spiro atoms. The van der Waals surface area contributed by atoms with E-state index in [0.717, 1.165) is 57.4 Å². The highest BCUT2D eigenvalue weighted by Gasteiger charge is 2.41. The van der Waals surface area contributed by atoms with Gasteiger partial charge in [0.1, 0.15) is 0 Å². The smallest absolute Gasteiger partial charge is 0.317 e. The number of amides is 3. The number of hydrogen-bond acceptors (Lipinski definition) is 2. The van der Waals surface area contributed by atoms with Gasteiger partial charge in [0.15, 0.2) is 0 Å². The van der Waals surface area contributed by atoms with Gasteiger partial charge in [-0.05, 0) is 43.6 Å². The third-order valence-electron chi connectivity index (χ3n) is 6.15. The largest absolute Gasteiger partial charge is 0.342 e. The van der Waals surface area contributed by atoms with E-state index in [2.05, 4.69) is 24.4 Å². The standard InChI is InChI=1S/C21H31N3O2/c1-3-18(17-8-6-5-7-9-17)22-20(26)24-14-12-21(13-15-24)11-10-19(25)23(4-2)16-21/h5-9,18H,3-4,10-16H2,1-2H3,(H,22,26)/t18-/m1/s1. The van der Waals surface area contributed by atoms with Crippen molar-refractivity contribution in [1.29, 1.82) is 0 Å². The molecule has 2 aliphatic heterocycles. The number of hydrogen-bond donors (Lipinski definition) is 1. The SMILES string of the molecule is CC[C@@H](NC(=O)N1CCC2(CCC(=O)N(CC)C2)CC1)c1ccccc1. The molecule has 0 aliphatic carbocycles. The molecule has 2 saturated heterocycles. The first-order valence-electron chi connectivity index (χ1n) is 9.95. The number of piperidine rings is 2. The maximum absolute atomic E-state index is 12.7. The molecular weight excluding hydrogens is 326 g/mol. The molecule has 1 N–H and O–H groups in total. The van der Waals surface area contributed by atoms with Crippen molar-refractivity contribution in [3.05, 3.63) is 35.9 Å². The van der Waals surface area contributed by atoms with Gasteiger partial charge in [0.05, 0.1) is 6.04 Å². The Morgan fingerprint density at radius 2 is 1.85 bits per heavy atom. The zero-order valence-corrected chi connectivity index (χ0v) is 16.0. The van der Waals surface area contributed by atoms with Gasteiger partial charge in [-0.2, -0.15) is 0 Å². The van der Waals surface area contributed by atoms with Crippen LogP contribution in [0, 0.1) is 5.41 Å². The molecule has 0 unspecified atom stereocenters. The molecule has 0 aromatic heterocycles. The fraction of sp³-hybridized carbons (Fsp3) is 0.619. The van der Waals surface area contributed by atoms with Gasteiger partial charge in [-0.3, -0.25) is 4.79 Å². The first-order chi connectivity index (χ1) is 12.6. The third-order valence-corrected chi connectivity index (χ3v) is 6.15. The van der Waals surface area contributed by atoms with Crippen LogP contribution in [0.4, 0.5) is 4.79 Å². The lowest BCUT2D eigenvalue weighted by Crippen LogP contribution is -2.53. The lowest BCUT2D eigenvalue weighted by atomic mass is 9.72. The van der Waals surface area contributed by atoms with Gasteiger partial charge >= 0.3 is 6.03 Å². The van der Waals surface area contributed by atoms with Crippen molar-refractivity contribution in [2.75, 3.05) is 26.2 Å². The summed E-state index contributed by atoms with van der Waals surface area (Å²) in [6, 6.07) is 10.3. The lowest BCUT2D eigenvalue weighted by molar-refractivity contribution is -0.138. The Kier molecular flexibility index (Phi) is 5.84. The minimum Gasteiger partial charge on any atom is -0.342 e. The van der Waals surface area contributed by atoms with Crippen LogP contribution in [0.2, 0.25) is 0 Å². The molecule has 0 bridgehead atoms. The molecule has 1 aromatic rings. The molecule has 3 amide bonds. The Labute approximate surface area is 156 Å². The summed E-state index contributed by atoms with van der Waals surface area (Å²) in [4.78, 5) is 28.6. The molecule has 0 saturated carbocycles. The van der Waals surface area contributed by atoms with Crippen molar-refractivity contribution in [2.45, 2.75) is 52.0 Å². The maximum Gasteiger partial charge on any atom is 0.317 e. The van der Waals surface area contributed by atoms with Gasteiger partial charge < -0.3 is 15.1 Å². The Morgan fingerprint density at radius 3 is 2.46 bits per heavy atom. The Bertz CT molecular complexity index is 623. The topological polar surface area (TPSA) is 52.7 Å². The van der Waals surface area contributed by atoms with Crippen molar-refractivity contribution in [3.63, 3.8) is 0 Å². The lowest BCUT2D eigenvalue weighted by Gasteiger charge is -2.47. The normalized spacial score (nSPS) is 20.9. The van der Waals surface area contributed by atoms with Crippen LogP contribution in [0.15, 0.2) is 30.3 Å². The summed E-state index contributed by atoms with van der Waals surface area (Å²) in [5.74, 6) is 0.284. The number of benzene rings is 1. The second-order valence-corrected chi connectivity index (χ2v) is 7.72. The summed E-state index contributed by atoms with van der Waals surface area (Å²) < 4.78 is 0. The minimum atomic E-state index is 0.0368. The van der Waals surface area contributed by atoms with E-state index in [-0.39, 0.29) is 23.4 Å². The summed E-state index contributed by atoms with van der Waals surface area (Å²) in [6.07, 6.45) is 4.49. The Balaban J connectivity index is 1.56. The number of urea groups is 1. The first-order valence-corrected chi connectivity index (χ1v) is 9.95. The van der Waals surface area contributed by atoms with Gasteiger partial charge in [-0.15, -0.1) is 0 Å². The number of nitrogens with zero attached hydrogens (tertiary/aromatic N) is 2. The van der Waals surface area contributed by atoms with E-state index in [0.29, 0.717) is 6.42 Å². The van der Waals surface area contributed by atoms with Gasteiger partial charge in [0, 0.05) is 32.6 Å². The van der Waals surface area contributed by atoms with E-state index in [1.54, 1.807) is 0 Å². The molecular formula is C21H31N3O2. The van der Waals surface area contributed by atoms with E-state index >= 15 is 0 Å². The van der Waals surface area contributed by atoms with Crippen molar-refractivity contribution in [3.8, 4) is 0 Å². The summed E-state index contributed by atoms with van der Waals surface area (Å²) >= 11 is 0. The van der Waals surface area contributed by atoms with Crippen LogP contribution in [0.25, 0.3) is 0 Å². The van der Waals surface area contributed by atoms with Crippen molar-refractivity contribution < 1.29 is 9.59 Å². The van der Waals surface area contributed by atoms with Gasteiger partial charge in [-0.1, -0.05) is 37.3 Å². The number of nitrogens with one attached hydrogen (secondary N) is 1. The molecule has 1 aromatic carbocycles. The highest BCUT2D eigenvalue weighted by molar-refractivity contribution is 5.77. The second kappa shape index (κ2) is 8.11. The highest BCUT2D eigenvalue weighted by Crippen LogP contribution is 2.40. The summed E-state index contributed by atoms with van der Waals surface area (Å²) in [5, 5.41) is 3.19. The molecule has 5 heteroatoms. The van der Waals surface area contributed by atoms with Crippen molar-refractivity contribution >= 4 is 11.9 Å². The Hall–Kier alpha value is -2.04. The van der Waals surface area contributed by atoms with E-state index < -0.39 is 0 Å². The van der Waals surface area contributed by atoms with Crippen molar-refractivity contribution in [1.82, 2.24) is 15.1 Å². The zero-order chi connectivity index (χ0) is 18.6. The van der Waals surface area contributed by atoms with Crippen LogP contribution in [-0.4, -0.2) is 47.9 Å². The number of likely N-dealkylation sites (tertiary alicyclic amines) is 2. The van der Waals surface area contributed by atoms with E-state index in [1.165, 1.54) is 0 Å². The molecule has 26 heavy (non-hydrogen) atoms. The number of rotatable bonds is 4. The predicted molar refractivity (Wildman–Crippen MR) is 103 cm³/mol. The summed E-state index contributed by atoms with van der Waals surface area (Å²) in [5.41, 5.74) is 1.37. The zero-order valence-electron chi connectivity index (χ0n) is 16.0. The van der Waals surface area contributed by atoms with Gasteiger partial charge in [-0.25, -0.2) is 4.79 Å².